The summed E-state index contributed by atoms with van der Waals surface area (Å²) in [5.41, 5.74) is 0.894. The molecule has 1 rings (SSSR count). The summed E-state index contributed by atoms with van der Waals surface area (Å²) in [5.74, 6) is 0.405. The van der Waals surface area contributed by atoms with Crippen molar-refractivity contribution < 1.29 is 9.13 Å². The van der Waals surface area contributed by atoms with Crippen molar-refractivity contribution in [1.29, 1.82) is 0 Å². The Morgan fingerprint density at radius 1 is 1.00 bits per heavy atom. The minimum atomic E-state index is -0.231. The highest BCUT2D eigenvalue weighted by molar-refractivity contribution is 5.28. The molecule has 0 radical (unpaired) electrons. The fourth-order valence-corrected chi connectivity index (χ4v) is 1.42. The van der Waals surface area contributed by atoms with E-state index in [0.29, 0.717) is 5.75 Å². The molecule has 0 atom stereocenters. The van der Waals surface area contributed by atoms with E-state index >= 15 is 0 Å². The lowest BCUT2D eigenvalue weighted by Crippen LogP contribution is -2.13. The van der Waals surface area contributed by atoms with Crippen molar-refractivity contribution in [3.63, 3.8) is 0 Å². The Balaban J connectivity index is 0. The SMILES string of the molecule is CC.CC.CCC(CC)Oc1cc(C)cc(F)c1. The maximum atomic E-state index is 13.0. The van der Waals surface area contributed by atoms with Gasteiger partial charge < -0.3 is 4.74 Å². The molecule has 0 heterocycles. The van der Waals surface area contributed by atoms with Crippen LogP contribution >= 0.6 is 0 Å². The van der Waals surface area contributed by atoms with E-state index in [1.54, 1.807) is 0 Å². The lowest BCUT2D eigenvalue weighted by atomic mass is 10.2. The molecule has 1 aromatic rings. The molecule has 18 heavy (non-hydrogen) atoms. The molecule has 0 amide bonds. The molecule has 0 aliphatic heterocycles. The molecule has 0 spiro atoms. The van der Waals surface area contributed by atoms with E-state index in [-0.39, 0.29) is 11.9 Å². The zero-order valence-corrected chi connectivity index (χ0v) is 13.0. The third kappa shape index (κ3) is 8.10. The van der Waals surface area contributed by atoms with Crippen LogP contribution in [0.4, 0.5) is 4.39 Å². The molecule has 0 saturated heterocycles. The van der Waals surface area contributed by atoms with Crippen LogP contribution in [0.2, 0.25) is 0 Å². The molecule has 0 saturated carbocycles. The third-order valence-corrected chi connectivity index (χ3v) is 2.23. The molecule has 0 aliphatic rings. The molecule has 0 unspecified atom stereocenters. The molecular weight excluding hydrogens is 227 g/mol. The van der Waals surface area contributed by atoms with Crippen LogP contribution in [-0.2, 0) is 0 Å². The molecule has 1 nitrogen and oxygen atoms in total. The average Bonchev–Trinajstić information content (AvgIpc) is 2.39. The molecule has 1 aromatic carbocycles. The van der Waals surface area contributed by atoms with Gasteiger partial charge in [0.2, 0.25) is 0 Å². The van der Waals surface area contributed by atoms with E-state index in [1.165, 1.54) is 12.1 Å². The largest absolute Gasteiger partial charge is 0.490 e. The van der Waals surface area contributed by atoms with Gasteiger partial charge in [0, 0.05) is 6.07 Å². The Morgan fingerprint density at radius 3 is 1.89 bits per heavy atom. The normalized spacial score (nSPS) is 8.94. The standard InChI is InChI=1S/C12H17FO.2C2H6/c1-4-11(5-2)14-12-7-9(3)6-10(13)8-12;2*1-2/h6-8,11H,4-5H2,1-3H3;2*1-2H3. The van der Waals surface area contributed by atoms with Gasteiger partial charge in [-0.1, -0.05) is 41.5 Å². The van der Waals surface area contributed by atoms with E-state index in [1.807, 2.05) is 40.7 Å². The number of aryl methyl sites for hydroxylation is 1. The molecule has 2 heteroatoms. The second-order valence-corrected chi connectivity index (χ2v) is 3.52. The third-order valence-electron chi connectivity index (χ3n) is 2.23. The summed E-state index contributed by atoms with van der Waals surface area (Å²) in [7, 11) is 0. The van der Waals surface area contributed by atoms with E-state index in [0.717, 1.165) is 18.4 Å². The van der Waals surface area contributed by atoms with Gasteiger partial charge in [0.1, 0.15) is 11.6 Å². The van der Waals surface area contributed by atoms with Gasteiger partial charge in [-0.25, -0.2) is 4.39 Å². The maximum absolute atomic E-state index is 13.0. The lowest BCUT2D eigenvalue weighted by molar-refractivity contribution is 0.192. The molecule has 0 aromatic heterocycles. The van der Waals surface area contributed by atoms with Crippen LogP contribution in [0.5, 0.6) is 5.75 Å². The van der Waals surface area contributed by atoms with Crippen LogP contribution in [0.3, 0.4) is 0 Å². The Labute approximate surface area is 112 Å². The first-order chi connectivity index (χ1) is 8.65. The Morgan fingerprint density at radius 2 is 1.50 bits per heavy atom. The van der Waals surface area contributed by atoms with Gasteiger partial charge in [0.05, 0.1) is 6.10 Å². The maximum Gasteiger partial charge on any atom is 0.127 e. The molecule has 0 N–H and O–H groups in total. The highest BCUT2D eigenvalue weighted by Crippen LogP contribution is 2.18. The van der Waals surface area contributed by atoms with Gasteiger partial charge in [0.15, 0.2) is 0 Å². The summed E-state index contributed by atoms with van der Waals surface area (Å²) < 4.78 is 18.6. The summed E-state index contributed by atoms with van der Waals surface area (Å²) in [6.45, 7) is 14.0. The molecule has 0 aliphatic carbocycles. The van der Waals surface area contributed by atoms with Crippen molar-refractivity contribution in [1.82, 2.24) is 0 Å². The highest BCUT2D eigenvalue weighted by atomic mass is 19.1. The average molecular weight is 256 g/mol. The van der Waals surface area contributed by atoms with Crippen LogP contribution < -0.4 is 4.74 Å². The van der Waals surface area contributed by atoms with E-state index in [4.69, 9.17) is 4.74 Å². The molecule has 106 valence electrons. The lowest BCUT2D eigenvalue weighted by Gasteiger charge is -2.15. The first-order valence-electron chi connectivity index (χ1n) is 7.09. The second-order valence-electron chi connectivity index (χ2n) is 3.52. The quantitative estimate of drug-likeness (QED) is 0.666. The van der Waals surface area contributed by atoms with Crippen LogP contribution in [0.15, 0.2) is 18.2 Å². The summed E-state index contributed by atoms with van der Waals surface area (Å²) in [5, 5.41) is 0. The van der Waals surface area contributed by atoms with Gasteiger partial charge in [-0.3, -0.25) is 0 Å². The number of benzene rings is 1. The van der Waals surface area contributed by atoms with Crippen LogP contribution in [0.1, 0.15) is 59.9 Å². The smallest absolute Gasteiger partial charge is 0.127 e. The van der Waals surface area contributed by atoms with Crippen molar-refractivity contribution >= 4 is 0 Å². The second kappa shape index (κ2) is 12.4. The highest BCUT2D eigenvalue weighted by Gasteiger charge is 2.06. The van der Waals surface area contributed by atoms with Gasteiger partial charge >= 0.3 is 0 Å². The predicted molar refractivity (Wildman–Crippen MR) is 78.8 cm³/mol. The van der Waals surface area contributed by atoms with Crippen LogP contribution in [0.25, 0.3) is 0 Å². The van der Waals surface area contributed by atoms with Crippen molar-refractivity contribution in [3.8, 4) is 5.75 Å². The summed E-state index contributed by atoms with van der Waals surface area (Å²) in [6, 6.07) is 4.80. The monoisotopic (exact) mass is 256 g/mol. The minimum absolute atomic E-state index is 0.191. The summed E-state index contributed by atoms with van der Waals surface area (Å²) in [4.78, 5) is 0. The van der Waals surface area contributed by atoms with Gasteiger partial charge in [0.25, 0.3) is 0 Å². The van der Waals surface area contributed by atoms with Crippen molar-refractivity contribution in [2.45, 2.75) is 67.4 Å². The van der Waals surface area contributed by atoms with Crippen LogP contribution in [-0.4, -0.2) is 6.10 Å². The van der Waals surface area contributed by atoms with E-state index < -0.39 is 0 Å². The Kier molecular flexibility index (Phi) is 13.3. The number of rotatable bonds is 4. The molecule has 0 fully saturated rings. The number of hydrogen-bond donors (Lipinski definition) is 0. The van der Waals surface area contributed by atoms with Gasteiger partial charge in [-0.2, -0.15) is 0 Å². The van der Waals surface area contributed by atoms with Crippen LogP contribution in [0, 0.1) is 12.7 Å². The minimum Gasteiger partial charge on any atom is -0.490 e. The predicted octanol–water partition coefficient (Wildman–Crippen LogP) is 5.75. The fourth-order valence-electron chi connectivity index (χ4n) is 1.42. The topological polar surface area (TPSA) is 9.23 Å². The summed E-state index contributed by atoms with van der Waals surface area (Å²) >= 11 is 0. The fraction of sp³-hybridized carbons (Fsp3) is 0.625. The van der Waals surface area contributed by atoms with Crippen molar-refractivity contribution in [2.24, 2.45) is 0 Å². The van der Waals surface area contributed by atoms with Crippen molar-refractivity contribution in [3.05, 3.63) is 29.6 Å². The Bertz CT molecular complexity index is 273. The zero-order chi connectivity index (χ0) is 14.6. The number of ether oxygens (including phenoxy) is 1. The Hall–Kier alpha value is -1.05. The molecule has 0 bridgehead atoms. The first kappa shape index (κ1) is 19.3. The van der Waals surface area contributed by atoms with Gasteiger partial charge in [-0.15, -0.1) is 0 Å². The zero-order valence-electron chi connectivity index (χ0n) is 13.0. The van der Waals surface area contributed by atoms with E-state index in [2.05, 4.69) is 13.8 Å². The molecular formula is C16H29FO. The first-order valence-corrected chi connectivity index (χ1v) is 7.09. The van der Waals surface area contributed by atoms with Crippen molar-refractivity contribution in [2.75, 3.05) is 0 Å². The summed E-state index contributed by atoms with van der Waals surface area (Å²) in [6.07, 6.45) is 2.09. The van der Waals surface area contributed by atoms with E-state index in [9.17, 15) is 4.39 Å². The number of hydrogen-bond acceptors (Lipinski definition) is 1. The van der Waals surface area contributed by atoms with Gasteiger partial charge in [-0.05, 0) is 37.5 Å². The number of halogens is 1.